The van der Waals surface area contributed by atoms with Crippen LogP contribution in [0.5, 0.6) is 0 Å². The van der Waals surface area contributed by atoms with Crippen LogP contribution < -0.4 is 10.2 Å². The molecule has 1 aromatic heterocycles. The highest BCUT2D eigenvalue weighted by Gasteiger charge is 2.28. The van der Waals surface area contributed by atoms with E-state index in [1.807, 2.05) is 50.1 Å². The zero-order chi connectivity index (χ0) is 16.2. The Morgan fingerprint density at radius 3 is 2.91 bits per heavy atom. The van der Waals surface area contributed by atoms with Gasteiger partial charge in [0.05, 0.1) is 0 Å². The van der Waals surface area contributed by atoms with Gasteiger partial charge in [-0.05, 0) is 31.5 Å². The number of aromatic nitrogens is 1. The summed E-state index contributed by atoms with van der Waals surface area (Å²) < 4.78 is 0.282. The SMILES string of the molecule is CN=C(NCc1ccnc(N(C)C)c1)N1CCSC(C)(C)C1. The molecule has 22 heavy (non-hydrogen) atoms. The fourth-order valence-electron chi connectivity index (χ4n) is 2.53. The Balaban J connectivity index is 1.98. The second kappa shape index (κ2) is 7.22. The predicted molar refractivity (Wildman–Crippen MR) is 96.9 cm³/mol. The summed E-state index contributed by atoms with van der Waals surface area (Å²) in [5.74, 6) is 3.11. The summed E-state index contributed by atoms with van der Waals surface area (Å²) in [5, 5.41) is 3.48. The lowest BCUT2D eigenvalue weighted by Gasteiger charge is -2.39. The van der Waals surface area contributed by atoms with Crippen molar-refractivity contribution in [2.75, 3.05) is 44.9 Å². The summed E-state index contributed by atoms with van der Waals surface area (Å²) in [7, 11) is 5.87. The number of pyridine rings is 1. The first kappa shape index (κ1) is 16.9. The zero-order valence-electron chi connectivity index (χ0n) is 14.3. The highest BCUT2D eigenvalue weighted by Crippen LogP contribution is 2.29. The summed E-state index contributed by atoms with van der Waals surface area (Å²) >= 11 is 2.03. The third-order valence-corrected chi connectivity index (χ3v) is 4.95. The van der Waals surface area contributed by atoms with Gasteiger partial charge in [0.1, 0.15) is 5.82 Å². The highest BCUT2D eigenvalue weighted by atomic mass is 32.2. The number of aliphatic imine (C=N–C) groups is 1. The quantitative estimate of drug-likeness (QED) is 0.682. The normalized spacial score (nSPS) is 18.2. The van der Waals surface area contributed by atoms with Crippen LogP contribution in [-0.4, -0.2) is 60.6 Å². The van der Waals surface area contributed by atoms with Gasteiger partial charge >= 0.3 is 0 Å². The van der Waals surface area contributed by atoms with Crippen molar-refractivity contribution in [3.63, 3.8) is 0 Å². The molecule has 2 rings (SSSR count). The van der Waals surface area contributed by atoms with E-state index >= 15 is 0 Å². The van der Waals surface area contributed by atoms with Gasteiger partial charge in [-0.1, -0.05) is 0 Å². The van der Waals surface area contributed by atoms with E-state index in [1.165, 1.54) is 5.56 Å². The van der Waals surface area contributed by atoms with Crippen LogP contribution in [0.25, 0.3) is 0 Å². The predicted octanol–water partition coefficient (Wildman–Crippen LogP) is 2.05. The van der Waals surface area contributed by atoms with Crippen molar-refractivity contribution >= 4 is 23.5 Å². The molecule has 0 radical (unpaired) electrons. The van der Waals surface area contributed by atoms with E-state index in [-0.39, 0.29) is 4.75 Å². The Morgan fingerprint density at radius 2 is 2.27 bits per heavy atom. The number of guanidine groups is 1. The van der Waals surface area contributed by atoms with Gasteiger partial charge in [-0.15, -0.1) is 0 Å². The van der Waals surface area contributed by atoms with E-state index in [1.54, 1.807) is 0 Å². The Kier molecular flexibility index (Phi) is 5.56. The summed E-state index contributed by atoms with van der Waals surface area (Å²) in [5.41, 5.74) is 1.21. The number of hydrogen-bond acceptors (Lipinski definition) is 4. The lowest BCUT2D eigenvalue weighted by Crippen LogP contribution is -2.50. The van der Waals surface area contributed by atoms with Gasteiger partial charge in [-0.3, -0.25) is 4.99 Å². The molecule has 0 atom stereocenters. The number of nitrogens with zero attached hydrogens (tertiary/aromatic N) is 4. The molecule has 1 N–H and O–H groups in total. The Labute approximate surface area is 138 Å². The minimum atomic E-state index is 0.282. The summed E-state index contributed by atoms with van der Waals surface area (Å²) in [6.07, 6.45) is 1.86. The molecule has 0 amide bonds. The molecular formula is C16H27N5S. The van der Waals surface area contributed by atoms with Crippen LogP contribution in [0.2, 0.25) is 0 Å². The second-order valence-corrected chi connectivity index (χ2v) is 8.15. The van der Waals surface area contributed by atoms with Gasteiger partial charge < -0.3 is 15.1 Å². The van der Waals surface area contributed by atoms with Gasteiger partial charge in [0.2, 0.25) is 0 Å². The third kappa shape index (κ3) is 4.53. The second-order valence-electron chi connectivity index (χ2n) is 6.35. The van der Waals surface area contributed by atoms with Crippen LogP contribution in [0.4, 0.5) is 5.82 Å². The van der Waals surface area contributed by atoms with Crippen LogP contribution in [0.3, 0.4) is 0 Å². The summed E-state index contributed by atoms with van der Waals surface area (Å²) in [6.45, 7) is 7.43. The minimum Gasteiger partial charge on any atom is -0.363 e. The molecule has 0 bridgehead atoms. The molecule has 0 unspecified atom stereocenters. The number of thioether (sulfide) groups is 1. The zero-order valence-corrected chi connectivity index (χ0v) is 15.1. The van der Waals surface area contributed by atoms with Gasteiger partial charge in [-0.25, -0.2) is 4.98 Å². The molecule has 122 valence electrons. The van der Waals surface area contributed by atoms with Crippen LogP contribution >= 0.6 is 11.8 Å². The molecule has 6 heteroatoms. The van der Waals surface area contributed by atoms with E-state index in [9.17, 15) is 0 Å². The third-order valence-electron chi connectivity index (χ3n) is 3.66. The van der Waals surface area contributed by atoms with Crippen LogP contribution in [-0.2, 0) is 6.54 Å². The first-order chi connectivity index (χ1) is 10.4. The maximum absolute atomic E-state index is 4.45. The van der Waals surface area contributed by atoms with Crippen molar-refractivity contribution in [3.05, 3.63) is 23.9 Å². The summed E-state index contributed by atoms with van der Waals surface area (Å²) in [6, 6.07) is 4.15. The number of hydrogen-bond donors (Lipinski definition) is 1. The highest BCUT2D eigenvalue weighted by molar-refractivity contribution is 8.00. The molecule has 0 aliphatic carbocycles. The van der Waals surface area contributed by atoms with Crippen LogP contribution in [0, 0.1) is 0 Å². The first-order valence-corrected chi connectivity index (χ1v) is 8.62. The van der Waals surface area contributed by atoms with Gasteiger partial charge in [-0.2, -0.15) is 11.8 Å². The Hall–Kier alpha value is -1.43. The van der Waals surface area contributed by atoms with Gasteiger partial charge in [0.15, 0.2) is 5.96 Å². The topological polar surface area (TPSA) is 43.8 Å². The van der Waals surface area contributed by atoms with E-state index in [4.69, 9.17) is 0 Å². The van der Waals surface area contributed by atoms with E-state index in [2.05, 4.69) is 40.1 Å². The van der Waals surface area contributed by atoms with Crippen molar-refractivity contribution in [3.8, 4) is 0 Å². The van der Waals surface area contributed by atoms with Crippen molar-refractivity contribution in [1.29, 1.82) is 0 Å². The lowest BCUT2D eigenvalue weighted by atomic mass is 10.2. The van der Waals surface area contributed by atoms with Crippen molar-refractivity contribution in [2.24, 2.45) is 4.99 Å². The molecule has 0 saturated carbocycles. The molecule has 2 heterocycles. The van der Waals surface area contributed by atoms with E-state index < -0.39 is 0 Å². The van der Waals surface area contributed by atoms with E-state index in [0.717, 1.165) is 37.2 Å². The number of anilines is 1. The van der Waals surface area contributed by atoms with E-state index in [0.29, 0.717) is 0 Å². The fourth-order valence-corrected chi connectivity index (χ4v) is 3.64. The average Bonchev–Trinajstić information content (AvgIpc) is 2.47. The first-order valence-electron chi connectivity index (χ1n) is 7.63. The molecule has 1 saturated heterocycles. The number of nitrogens with one attached hydrogen (secondary N) is 1. The molecule has 5 nitrogen and oxygen atoms in total. The maximum atomic E-state index is 4.45. The molecule has 1 fully saturated rings. The van der Waals surface area contributed by atoms with Crippen LogP contribution in [0.1, 0.15) is 19.4 Å². The fraction of sp³-hybridized carbons (Fsp3) is 0.625. The maximum Gasteiger partial charge on any atom is 0.193 e. The molecular weight excluding hydrogens is 294 g/mol. The molecule has 1 aliphatic rings. The Bertz CT molecular complexity index is 527. The van der Waals surface area contributed by atoms with Crippen molar-refractivity contribution in [2.45, 2.75) is 25.1 Å². The smallest absolute Gasteiger partial charge is 0.193 e. The Morgan fingerprint density at radius 1 is 1.50 bits per heavy atom. The lowest BCUT2D eigenvalue weighted by molar-refractivity contribution is 0.375. The molecule has 0 aromatic carbocycles. The largest absolute Gasteiger partial charge is 0.363 e. The molecule has 1 aliphatic heterocycles. The summed E-state index contributed by atoms with van der Waals surface area (Å²) in [4.78, 5) is 13.2. The molecule has 0 spiro atoms. The van der Waals surface area contributed by atoms with Crippen LogP contribution in [0.15, 0.2) is 23.3 Å². The van der Waals surface area contributed by atoms with Gasteiger partial charge in [0.25, 0.3) is 0 Å². The van der Waals surface area contributed by atoms with Gasteiger partial charge in [0, 0.05) is 57.5 Å². The average molecular weight is 321 g/mol. The molecule has 1 aromatic rings. The number of rotatable bonds is 3. The standard InChI is InChI=1S/C16H27N5S/c1-16(2)12-21(8-9-22-16)15(17-3)19-11-13-6-7-18-14(10-13)20(4)5/h6-7,10H,8-9,11-12H2,1-5H3,(H,17,19). The minimum absolute atomic E-state index is 0.282. The van der Waals surface area contributed by atoms with Crippen molar-refractivity contribution in [1.82, 2.24) is 15.2 Å². The van der Waals surface area contributed by atoms with Crippen molar-refractivity contribution < 1.29 is 0 Å². The monoisotopic (exact) mass is 321 g/mol.